The fraction of sp³-hybridized carbons (Fsp3) is 0.353. The van der Waals surface area contributed by atoms with Crippen LogP contribution in [0.2, 0.25) is 10.0 Å². The zero-order chi connectivity index (χ0) is 19.1. The maximum Gasteiger partial charge on any atom is 0.246 e. The molecule has 0 bridgehead atoms. The Hall–Kier alpha value is -1.41. The number of aryl methyl sites for hydroxylation is 2. The molecule has 0 unspecified atom stereocenters. The van der Waals surface area contributed by atoms with Crippen LogP contribution in [0.4, 0.5) is 4.39 Å². The number of nitrogens with zero attached hydrogens (tertiary/aromatic N) is 2. The molecule has 140 valence electrons. The van der Waals surface area contributed by atoms with E-state index in [9.17, 15) is 12.8 Å². The van der Waals surface area contributed by atoms with Gasteiger partial charge in [-0.3, -0.25) is 5.10 Å². The maximum absolute atomic E-state index is 14.8. The van der Waals surface area contributed by atoms with E-state index in [0.717, 1.165) is 0 Å². The Morgan fingerprint density at radius 2 is 1.88 bits per heavy atom. The molecule has 1 saturated heterocycles. The zero-order valence-electron chi connectivity index (χ0n) is 14.3. The van der Waals surface area contributed by atoms with Gasteiger partial charge < -0.3 is 0 Å². The van der Waals surface area contributed by atoms with Gasteiger partial charge in [0, 0.05) is 23.7 Å². The number of piperidine rings is 1. The molecule has 5 nitrogen and oxygen atoms in total. The Bertz CT molecular complexity index is 956. The van der Waals surface area contributed by atoms with Crippen molar-refractivity contribution in [3.8, 4) is 0 Å². The summed E-state index contributed by atoms with van der Waals surface area (Å²) in [6, 6.07) is 4.60. The second-order valence-electron chi connectivity index (χ2n) is 6.21. The van der Waals surface area contributed by atoms with E-state index in [1.165, 1.54) is 16.4 Å². The summed E-state index contributed by atoms with van der Waals surface area (Å²) >= 11 is 11.9. The number of halogens is 3. The number of hydrogen-bond acceptors (Lipinski definition) is 3. The number of rotatable bonds is 3. The number of nitrogens with one attached hydrogen (secondary N) is 1. The second-order valence-corrected chi connectivity index (χ2v) is 8.93. The summed E-state index contributed by atoms with van der Waals surface area (Å²) in [6.45, 7) is 3.74. The van der Waals surface area contributed by atoms with Gasteiger partial charge in [0.15, 0.2) is 0 Å². The Balaban J connectivity index is 1.83. The molecule has 2 aromatic rings. The van der Waals surface area contributed by atoms with E-state index in [4.69, 9.17) is 23.2 Å². The van der Waals surface area contributed by atoms with Gasteiger partial charge in [0.1, 0.15) is 10.7 Å². The lowest BCUT2D eigenvalue weighted by atomic mass is 10.0. The van der Waals surface area contributed by atoms with Crippen molar-refractivity contribution in [1.29, 1.82) is 0 Å². The zero-order valence-corrected chi connectivity index (χ0v) is 16.6. The van der Waals surface area contributed by atoms with E-state index < -0.39 is 15.9 Å². The molecule has 0 radical (unpaired) electrons. The second kappa shape index (κ2) is 7.31. The van der Waals surface area contributed by atoms with Crippen LogP contribution in [0.3, 0.4) is 0 Å². The molecule has 1 aromatic carbocycles. The molecule has 0 saturated carbocycles. The fourth-order valence-electron chi connectivity index (χ4n) is 3.12. The van der Waals surface area contributed by atoms with E-state index >= 15 is 0 Å². The van der Waals surface area contributed by atoms with Crippen molar-refractivity contribution >= 4 is 39.1 Å². The average Bonchev–Trinajstić information content (AvgIpc) is 2.93. The summed E-state index contributed by atoms with van der Waals surface area (Å²) < 4.78 is 41.9. The first-order chi connectivity index (χ1) is 12.2. The Labute approximate surface area is 161 Å². The van der Waals surface area contributed by atoms with Gasteiger partial charge in [-0.05, 0) is 50.5 Å². The van der Waals surface area contributed by atoms with Crippen LogP contribution in [0.25, 0.3) is 5.83 Å². The molecular formula is C17H18Cl2FN3O2S. The third kappa shape index (κ3) is 3.53. The largest absolute Gasteiger partial charge is 0.281 e. The van der Waals surface area contributed by atoms with E-state index in [1.807, 2.05) is 0 Å². The molecule has 1 aliphatic rings. The van der Waals surface area contributed by atoms with Gasteiger partial charge in [-0.15, -0.1) is 0 Å². The van der Waals surface area contributed by atoms with Crippen molar-refractivity contribution < 1.29 is 12.8 Å². The minimum Gasteiger partial charge on any atom is -0.281 e. The predicted molar refractivity (Wildman–Crippen MR) is 101 cm³/mol. The summed E-state index contributed by atoms with van der Waals surface area (Å²) in [5.74, 6) is -0.403. The SMILES string of the molecule is Cc1n[nH]c(C)c1S(=O)(=O)N1CCC(=C(F)c2ccc(Cl)cc2Cl)CC1. The lowest BCUT2D eigenvalue weighted by Crippen LogP contribution is -2.37. The molecule has 0 atom stereocenters. The van der Waals surface area contributed by atoms with Gasteiger partial charge in [0.2, 0.25) is 10.0 Å². The van der Waals surface area contributed by atoms with E-state index in [0.29, 0.717) is 34.8 Å². The van der Waals surface area contributed by atoms with Crippen LogP contribution in [0.15, 0.2) is 28.7 Å². The molecule has 1 aromatic heterocycles. The van der Waals surface area contributed by atoms with E-state index in [1.54, 1.807) is 19.9 Å². The lowest BCUT2D eigenvalue weighted by molar-refractivity contribution is 0.384. The van der Waals surface area contributed by atoms with Crippen molar-refractivity contribution in [2.24, 2.45) is 0 Å². The molecule has 1 fully saturated rings. The van der Waals surface area contributed by atoms with Gasteiger partial charge >= 0.3 is 0 Å². The first-order valence-electron chi connectivity index (χ1n) is 8.06. The number of benzene rings is 1. The maximum atomic E-state index is 14.8. The summed E-state index contributed by atoms with van der Waals surface area (Å²) in [5.41, 5.74) is 1.77. The molecular weight excluding hydrogens is 400 g/mol. The van der Waals surface area contributed by atoms with Crippen LogP contribution in [-0.2, 0) is 10.0 Å². The van der Waals surface area contributed by atoms with Crippen LogP contribution in [-0.4, -0.2) is 36.0 Å². The van der Waals surface area contributed by atoms with Gasteiger partial charge in [0.05, 0.1) is 16.4 Å². The topological polar surface area (TPSA) is 66.1 Å². The first-order valence-corrected chi connectivity index (χ1v) is 10.3. The third-order valence-electron chi connectivity index (χ3n) is 4.46. The molecule has 0 spiro atoms. The third-order valence-corrected chi connectivity index (χ3v) is 7.17. The van der Waals surface area contributed by atoms with Crippen LogP contribution < -0.4 is 0 Å². The number of aromatic nitrogens is 2. The Kier molecular flexibility index (Phi) is 5.44. The standard InChI is InChI=1S/C17H18Cl2FN3O2S/c1-10-17(11(2)22-21-10)26(24,25)23-7-5-12(6-8-23)16(20)14-4-3-13(18)9-15(14)19/h3-4,9H,5-8H2,1-2H3,(H,21,22). The minimum absolute atomic E-state index is 0.200. The minimum atomic E-state index is -3.66. The highest BCUT2D eigenvalue weighted by Crippen LogP contribution is 2.34. The molecule has 0 amide bonds. The van der Waals surface area contributed by atoms with Gasteiger partial charge in [-0.2, -0.15) is 9.40 Å². The summed E-state index contributed by atoms with van der Waals surface area (Å²) in [4.78, 5) is 0.200. The number of H-pyrrole nitrogens is 1. The number of hydrogen-bond donors (Lipinski definition) is 1. The van der Waals surface area contributed by atoms with E-state index in [2.05, 4.69) is 10.2 Å². The highest BCUT2D eigenvalue weighted by Gasteiger charge is 2.32. The molecule has 1 aliphatic heterocycles. The van der Waals surface area contributed by atoms with Crippen LogP contribution in [0, 0.1) is 13.8 Å². The predicted octanol–water partition coefficient (Wildman–Crippen LogP) is 4.50. The van der Waals surface area contributed by atoms with Gasteiger partial charge in [-0.25, -0.2) is 12.8 Å². The van der Waals surface area contributed by atoms with E-state index in [-0.39, 0.29) is 28.6 Å². The van der Waals surface area contributed by atoms with Crippen molar-refractivity contribution in [2.75, 3.05) is 13.1 Å². The molecule has 0 aliphatic carbocycles. The van der Waals surface area contributed by atoms with Crippen molar-refractivity contribution in [1.82, 2.24) is 14.5 Å². The van der Waals surface area contributed by atoms with Crippen LogP contribution in [0.1, 0.15) is 29.8 Å². The van der Waals surface area contributed by atoms with Crippen molar-refractivity contribution in [2.45, 2.75) is 31.6 Å². The Morgan fingerprint density at radius 1 is 1.23 bits per heavy atom. The van der Waals surface area contributed by atoms with Gasteiger partial charge in [-0.1, -0.05) is 23.2 Å². The molecule has 9 heteroatoms. The van der Waals surface area contributed by atoms with Crippen molar-refractivity contribution in [3.05, 3.63) is 50.8 Å². The molecule has 3 rings (SSSR count). The smallest absolute Gasteiger partial charge is 0.246 e. The number of sulfonamides is 1. The average molecular weight is 418 g/mol. The van der Waals surface area contributed by atoms with Crippen molar-refractivity contribution in [3.63, 3.8) is 0 Å². The normalized spacial score (nSPS) is 16.1. The summed E-state index contributed by atoms with van der Waals surface area (Å²) in [7, 11) is -3.66. The highest BCUT2D eigenvalue weighted by molar-refractivity contribution is 7.89. The molecule has 1 N–H and O–H groups in total. The van der Waals surface area contributed by atoms with Crippen LogP contribution in [0.5, 0.6) is 0 Å². The summed E-state index contributed by atoms with van der Waals surface area (Å²) in [6.07, 6.45) is 0.611. The molecule has 26 heavy (non-hydrogen) atoms. The Morgan fingerprint density at radius 3 is 2.42 bits per heavy atom. The quantitative estimate of drug-likeness (QED) is 0.799. The monoisotopic (exact) mass is 417 g/mol. The molecule has 2 heterocycles. The summed E-state index contributed by atoms with van der Waals surface area (Å²) in [5, 5.41) is 7.31. The highest BCUT2D eigenvalue weighted by atomic mass is 35.5. The number of aromatic amines is 1. The fourth-order valence-corrected chi connectivity index (χ4v) is 5.39. The van der Waals surface area contributed by atoms with Crippen LogP contribution >= 0.6 is 23.2 Å². The van der Waals surface area contributed by atoms with Gasteiger partial charge in [0.25, 0.3) is 0 Å². The lowest BCUT2D eigenvalue weighted by Gasteiger charge is -2.28. The first kappa shape index (κ1) is 19.4.